The summed E-state index contributed by atoms with van der Waals surface area (Å²) in [4.78, 5) is 16.5. The van der Waals surface area contributed by atoms with Crippen molar-refractivity contribution in [1.29, 1.82) is 5.26 Å². The Bertz CT molecular complexity index is 1080. The summed E-state index contributed by atoms with van der Waals surface area (Å²) in [6.07, 6.45) is 3.77. The SMILES string of the molecule is CO[C@H](C)CCNC(=O)c1ccc(-n2ncc(-c3ccc(C#N)cc3C)c2O)nc1. The zero-order chi connectivity index (χ0) is 21.7. The molecule has 1 amide bonds. The van der Waals surface area contributed by atoms with Gasteiger partial charge in [0, 0.05) is 19.9 Å². The Morgan fingerprint density at radius 3 is 2.73 bits per heavy atom. The summed E-state index contributed by atoms with van der Waals surface area (Å²) in [6.45, 7) is 4.31. The molecule has 3 rings (SSSR count). The average Bonchev–Trinajstić information content (AvgIpc) is 3.14. The van der Waals surface area contributed by atoms with Gasteiger partial charge in [-0.2, -0.15) is 15.0 Å². The number of carbonyl (C=O) groups is 1. The lowest BCUT2D eigenvalue weighted by molar-refractivity contribution is 0.0917. The lowest BCUT2D eigenvalue weighted by Crippen LogP contribution is -2.27. The van der Waals surface area contributed by atoms with E-state index in [1.807, 2.05) is 13.8 Å². The van der Waals surface area contributed by atoms with Gasteiger partial charge >= 0.3 is 0 Å². The third-order valence-corrected chi connectivity index (χ3v) is 4.86. The number of nitrogens with zero attached hydrogens (tertiary/aromatic N) is 4. The second-order valence-corrected chi connectivity index (χ2v) is 6.93. The third kappa shape index (κ3) is 4.47. The minimum atomic E-state index is -0.226. The molecule has 2 aromatic heterocycles. The number of methoxy groups -OCH3 is 1. The summed E-state index contributed by atoms with van der Waals surface area (Å²) in [6, 6.07) is 10.6. The molecule has 0 fully saturated rings. The van der Waals surface area contributed by atoms with Crippen LogP contribution in [0.2, 0.25) is 0 Å². The van der Waals surface area contributed by atoms with Gasteiger partial charge in [0.2, 0.25) is 5.88 Å². The number of aryl methyl sites for hydroxylation is 1. The molecule has 154 valence electrons. The Hall–Kier alpha value is -3.70. The first-order chi connectivity index (χ1) is 14.4. The van der Waals surface area contributed by atoms with Crippen molar-refractivity contribution in [2.45, 2.75) is 26.4 Å². The van der Waals surface area contributed by atoms with E-state index >= 15 is 0 Å². The summed E-state index contributed by atoms with van der Waals surface area (Å²) in [5.41, 5.74) is 3.13. The number of carbonyl (C=O) groups excluding carboxylic acids is 1. The van der Waals surface area contributed by atoms with Crippen LogP contribution < -0.4 is 5.32 Å². The van der Waals surface area contributed by atoms with Crippen molar-refractivity contribution >= 4 is 5.91 Å². The highest BCUT2D eigenvalue weighted by Crippen LogP contribution is 2.32. The van der Waals surface area contributed by atoms with Crippen molar-refractivity contribution in [3.8, 4) is 28.9 Å². The van der Waals surface area contributed by atoms with Crippen LogP contribution in [-0.2, 0) is 4.74 Å². The number of aromatic hydroxyl groups is 1. The first-order valence-electron chi connectivity index (χ1n) is 9.50. The number of ether oxygens (including phenoxy) is 1. The molecule has 1 atom stereocenters. The number of hydrogen-bond acceptors (Lipinski definition) is 6. The van der Waals surface area contributed by atoms with E-state index in [0.29, 0.717) is 35.5 Å². The van der Waals surface area contributed by atoms with Crippen LogP contribution >= 0.6 is 0 Å². The number of rotatable bonds is 7. The molecule has 8 nitrogen and oxygen atoms in total. The summed E-state index contributed by atoms with van der Waals surface area (Å²) < 4.78 is 6.46. The van der Waals surface area contributed by atoms with Crippen LogP contribution in [-0.4, -0.2) is 45.5 Å². The summed E-state index contributed by atoms with van der Waals surface area (Å²) in [5, 5.41) is 26.7. The number of nitrogens with one attached hydrogen (secondary N) is 1. The van der Waals surface area contributed by atoms with Gasteiger partial charge in [-0.3, -0.25) is 4.79 Å². The molecule has 0 bridgehead atoms. The number of aromatic nitrogens is 3. The van der Waals surface area contributed by atoms with E-state index in [0.717, 1.165) is 11.1 Å². The van der Waals surface area contributed by atoms with Crippen LogP contribution in [0.25, 0.3) is 16.9 Å². The van der Waals surface area contributed by atoms with Crippen LogP contribution in [0.5, 0.6) is 5.88 Å². The van der Waals surface area contributed by atoms with Crippen molar-refractivity contribution < 1.29 is 14.6 Å². The Balaban J connectivity index is 1.76. The Morgan fingerprint density at radius 2 is 2.10 bits per heavy atom. The summed E-state index contributed by atoms with van der Waals surface area (Å²) in [7, 11) is 1.63. The smallest absolute Gasteiger partial charge is 0.252 e. The molecule has 0 radical (unpaired) electrons. The maximum absolute atomic E-state index is 12.2. The number of benzene rings is 1. The molecule has 0 aliphatic rings. The molecule has 30 heavy (non-hydrogen) atoms. The van der Waals surface area contributed by atoms with Gasteiger partial charge in [0.05, 0.1) is 35.1 Å². The Morgan fingerprint density at radius 1 is 1.30 bits per heavy atom. The second kappa shape index (κ2) is 9.20. The van der Waals surface area contributed by atoms with E-state index in [9.17, 15) is 9.90 Å². The van der Waals surface area contributed by atoms with Gasteiger partial charge < -0.3 is 15.2 Å². The van der Waals surface area contributed by atoms with Crippen molar-refractivity contribution in [3.63, 3.8) is 0 Å². The van der Waals surface area contributed by atoms with Crippen LogP contribution in [0.4, 0.5) is 0 Å². The third-order valence-electron chi connectivity index (χ3n) is 4.86. The summed E-state index contributed by atoms with van der Waals surface area (Å²) in [5.74, 6) is 0.0894. The van der Waals surface area contributed by atoms with Gasteiger partial charge in [-0.05, 0) is 55.7 Å². The van der Waals surface area contributed by atoms with Gasteiger partial charge in [-0.25, -0.2) is 4.98 Å². The standard InChI is InChI=1S/C22H23N5O3/c1-14-10-16(11-23)4-6-18(14)19-13-26-27(22(19)29)20-7-5-17(12-25-20)21(28)24-9-8-15(2)30-3/h4-7,10,12-13,15,29H,8-9H2,1-3H3,(H,24,28)/t15-/m1/s1. The van der Waals surface area contributed by atoms with E-state index in [4.69, 9.17) is 10.00 Å². The minimum absolute atomic E-state index is 0.0685. The minimum Gasteiger partial charge on any atom is -0.493 e. The van der Waals surface area contributed by atoms with E-state index in [1.165, 1.54) is 10.9 Å². The number of hydrogen-bond donors (Lipinski definition) is 2. The fraction of sp³-hybridized carbons (Fsp3) is 0.273. The quantitative estimate of drug-likeness (QED) is 0.625. The molecular formula is C22H23N5O3. The maximum atomic E-state index is 12.2. The normalized spacial score (nSPS) is 11.7. The zero-order valence-corrected chi connectivity index (χ0v) is 17.1. The topological polar surface area (TPSA) is 113 Å². The monoisotopic (exact) mass is 405 g/mol. The predicted molar refractivity (Wildman–Crippen MR) is 111 cm³/mol. The highest BCUT2D eigenvalue weighted by atomic mass is 16.5. The fourth-order valence-electron chi connectivity index (χ4n) is 2.99. The van der Waals surface area contributed by atoms with E-state index in [1.54, 1.807) is 43.6 Å². The Kier molecular flexibility index (Phi) is 6.45. The molecule has 0 saturated carbocycles. The molecule has 0 spiro atoms. The van der Waals surface area contributed by atoms with Gasteiger partial charge in [-0.15, -0.1) is 0 Å². The van der Waals surface area contributed by atoms with Crippen molar-refractivity contribution in [2.75, 3.05) is 13.7 Å². The van der Waals surface area contributed by atoms with Crippen molar-refractivity contribution in [1.82, 2.24) is 20.1 Å². The molecule has 0 unspecified atom stereocenters. The molecule has 0 aliphatic carbocycles. The largest absolute Gasteiger partial charge is 0.493 e. The Labute approximate surface area is 174 Å². The van der Waals surface area contributed by atoms with Crippen LogP contribution in [0.1, 0.15) is 34.8 Å². The molecule has 2 heterocycles. The average molecular weight is 405 g/mol. The maximum Gasteiger partial charge on any atom is 0.252 e. The second-order valence-electron chi connectivity index (χ2n) is 6.93. The van der Waals surface area contributed by atoms with Gasteiger partial charge in [-0.1, -0.05) is 6.07 Å². The number of nitriles is 1. The lowest BCUT2D eigenvalue weighted by atomic mass is 10.0. The number of pyridine rings is 1. The lowest BCUT2D eigenvalue weighted by Gasteiger charge is -2.10. The van der Waals surface area contributed by atoms with Crippen LogP contribution in [0.3, 0.4) is 0 Å². The first-order valence-corrected chi connectivity index (χ1v) is 9.50. The van der Waals surface area contributed by atoms with Crippen molar-refractivity contribution in [3.05, 3.63) is 59.4 Å². The zero-order valence-electron chi connectivity index (χ0n) is 17.1. The van der Waals surface area contributed by atoms with Crippen LogP contribution in [0.15, 0.2) is 42.7 Å². The van der Waals surface area contributed by atoms with Crippen molar-refractivity contribution in [2.24, 2.45) is 0 Å². The molecule has 1 aromatic carbocycles. The fourth-order valence-corrected chi connectivity index (χ4v) is 2.99. The number of amides is 1. The van der Waals surface area contributed by atoms with E-state index < -0.39 is 0 Å². The molecule has 2 N–H and O–H groups in total. The van der Waals surface area contributed by atoms with E-state index in [-0.39, 0.29) is 17.9 Å². The molecule has 0 aliphatic heterocycles. The van der Waals surface area contributed by atoms with Gasteiger partial charge in [0.25, 0.3) is 5.91 Å². The van der Waals surface area contributed by atoms with Gasteiger partial charge in [0.15, 0.2) is 5.82 Å². The van der Waals surface area contributed by atoms with Crippen LogP contribution in [0, 0.1) is 18.3 Å². The molecule has 0 saturated heterocycles. The molecular weight excluding hydrogens is 382 g/mol. The highest BCUT2D eigenvalue weighted by Gasteiger charge is 2.16. The molecule has 8 heteroatoms. The highest BCUT2D eigenvalue weighted by molar-refractivity contribution is 5.93. The first kappa shape index (κ1) is 21.0. The van der Waals surface area contributed by atoms with Gasteiger partial charge in [0.1, 0.15) is 0 Å². The molecule has 3 aromatic rings. The van der Waals surface area contributed by atoms with E-state index in [2.05, 4.69) is 21.5 Å². The predicted octanol–water partition coefficient (Wildman–Crippen LogP) is 2.97. The summed E-state index contributed by atoms with van der Waals surface area (Å²) >= 11 is 0.